The van der Waals surface area contributed by atoms with E-state index in [-0.39, 0.29) is 18.2 Å². The van der Waals surface area contributed by atoms with Crippen LogP contribution < -0.4 is 15.0 Å². The number of ether oxygens (including phenoxy) is 1. The van der Waals surface area contributed by atoms with E-state index >= 15 is 0 Å². The fourth-order valence-electron chi connectivity index (χ4n) is 3.63. The minimum atomic E-state index is -0.424. The molecule has 2 fully saturated rings. The van der Waals surface area contributed by atoms with Gasteiger partial charge in [0.2, 0.25) is 16.9 Å². The van der Waals surface area contributed by atoms with Crippen LogP contribution in [0.2, 0.25) is 0 Å². The van der Waals surface area contributed by atoms with Crippen LogP contribution in [0, 0.1) is 5.92 Å². The molecule has 2 aromatic rings. The maximum absolute atomic E-state index is 12.7. The zero-order valence-electron chi connectivity index (χ0n) is 15.6. The van der Waals surface area contributed by atoms with Crippen LogP contribution >= 0.6 is 23.1 Å². The molecule has 7 nitrogen and oxygen atoms in total. The summed E-state index contributed by atoms with van der Waals surface area (Å²) in [6.45, 7) is 0.327. The average molecular weight is 419 g/mol. The summed E-state index contributed by atoms with van der Waals surface area (Å²) in [5.41, 5.74) is 0.691. The number of nitrogens with zero attached hydrogens (tertiary/aromatic N) is 3. The summed E-state index contributed by atoms with van der Waals surface area (Å²) in [6, 6.07) is 7.34. The number of benzene rings is 1. The molecule has 1 aliphatic carbocycles. The van der Waals surface area contributed by atoms with Crippen molar-refractivity contribution in [1.29, 1.82) is 0 Å². The van der Waals surface area contributed by atoms with Crippen molar-refractivity contribution in [2.75, 3.05) is 23.9 Å². The number of aromatic nitrogens is 2. The van der Waals surface area contributed by atoms with E-state index < -0.39 is 5.92 Å². The quantitative estimate of drug-likeness (QED) is 0.722. The van der Waals surface area contributed by atoms with Gasteiger partial charge in [-0.1, -0.05) is 48.1 Å². The molecule has 1 saturated carbocycles. The van der Waals surface area contributed by atoms with Gasteiger partial charge in [-0.05, 0) is 25.0 Å². The summed E-state index contributed by atoms with van der Waals surface area (Å²) in [6.07, 6.45) is 5.16. The topological polar surface area (TPSA) is 84.4 Å². The molecule has 1 aliphatic heterocycles. The van der Waals surface area contributed by atoms with Gasteiger partial charge in [0.25, 0.3) is 0 Å². The van der Waals surface area contributed by atoms with Gasteiger partial charge in [0.15, 0.2) is 4.34 Å². The van der Waals surface area contributed by atoms with Gasteiger partial charge in [-0.3, -0.25) is 9.59 Å². The number of hydrogen-bond donors (Lipinski definition) is 1. The van der Waals surface area contributed by atoms with Gasteiger partial charge in [0, 0.05) is 18.2 Å². The van der Waals surface area contributed by atoms with Gasteiger partial charge in [0.1, 0.15) is 5.75 Å². The van der Waals surface area contributed by atoms with E-state index in [1.807, 2.05) is 18.2 Å². The Balaban J connectivity index is 1.38. The number of hydrogen-bond acceptors (Lipinski definition) is 7. The van der Waals surface area contributed by atoms with E-state index in [1.165, 1.54) is 37.0 Å². The SMILES string of the molecule is COc1ccccc1N1CC(C(=O)Nc2nnc(SC3CCCC3)s2)CC1=O. The Morgan fingerprint density at radius 3 is 2.86 bits per heavy atom. The molecule has 148 valence electrons. The van der Waals surface area contributed by atoms with Crippen molar-refractivity contribution in [3.63, 3.8) is 0 Å². The number of amides is 2. The molecule has 1 aromatic carbocycles. The molecule has 0 radical (unpaired) electrons. The van der Waals surface area contributed by atoms with Crippen LogP contribution in [0.5, 0.6) is 5.75 Å². The molecule has 2 heterocycles. The number of para-hydroxylation sites is 2. The van der Waals surface area contributed by atoms with Crippen molar-refractivity contribution < 1.29 is 14.3 Å². The van der Waals surface area contributed by atoms with Crippen molar-refractivity contribution in [2.24, 2.45) is 5.92 Å². The number of carbonyl (C=O) groups excluding carboxylic acids is 2. The summed E-state index contributed by atoms with van der Waals surface area (Å²) in [7, 11) is 1.57. The zero-order chi connectivity index (χ0) is 19.5. The Morgan fingerprint density at radius 2 is 2.07 bits per heavy atom. The van der Waals surface area contributed by atoms with Gasteiger partial charge >= 0.3 is 0 Å². The van der Waals surface area contributed by atoms with Gasteiger partial charge < -0.3 is 15.0 Å². The minimum absolute atomic E-state index is 0.0839. The molecule has 2 amide bonds. The molecule has 2 aliphatic rings. The predicted molar refractivity (Wildman–Crippen MR) is 110 cm³/mol. The minimum Gasteiger partial charge on any atom is -0.495 e. The molecule has 9 heteroatoms. The first-order chi connectivity index (χ1) is 13.6. The summed E-state index contributed by atoms with van der Waals surface area (Å²) in [5.74, 6) is -0.0828. The molecule has 28 heavy (non-hydrogen) atoms. The number of nitrogens with one attached hydrogen (secondary N) is 1. The van der Waals surface area contributed by atoms with Crippen LogP contribution in [0.4, 0.5) is 10.8 Å². The first-order valence-corrected chi connectivity index (χ1v) is 11.1. The molecule has 1 atom stereocenters. The van der Waals surface area contributed by atoms with Crippen molar-refractivity contribution >= 4 is 45.7 Å². The third-order valence-electron chi connectivity index (χ3n) is 5.08. The third-order valence-corrected chi connectivity index (χ3v) is 7.34. The van der Waals surface area contributed by atoms with Crippen LogP contribution in [0.1, 0.15) is 32.1 Å². The molecule has 1 saturated heterocycles. The summed E-state index contributed by atoms with van der Waals surface area (Å²) in [4.78, 5) is 26.7. The van der Waals surface area contributed by atoms with Crippen LogP contribution in [-0.2, 0) is 9.59 Å². The number of anilines is 2. The fraction of sp³-hybridized carbons (Fsp3) is 0.474. The lowest BCUT2D eigenvalue weighted by Gasteiger charge is -2.19. The maximum atomic E-state index is 12.7. The van der Waals surface area contributed by atoms with Crippen molar-refractivity contribution in [2.45, 2.75) is 41.7 Å². The molecular weight excluding hydrogens is 396 g/mol. The summed E-state index contributed by atoms with van der Waals surface area (Å²) >= 11 is 3.15. The smallest absolute Gasteiger partial charge is 0.231 e. The molecule has 1 N–H and O–H groups in total. The van der Waals surface area contributed by atoms with Crippen molar-refractivity contribution in [1.82, 2.24) is 10.2 Å². The highest BCUT2D eigenvalue weighted by atomic mass is 32.2. The lowest BCUT2D eigenvalue weighted by atomic mass is 10.1. The zero-order valence-corrected chi connectivity index (χ0v) is 17.2. The molecule has 4 rings (SSSR count). The fourth-order valence-corrected chi connectivity index (χ4v) is 5.89. The lowest BCUT2D eigenvalue weighted by molar-refractivity contribution is -0.122. The molecular formula is C19H22N4O3S2. The van der Waals surface area contributed by atoms with E-state index in [4.69, 9.17) is 4.74 Å². The van der Waals surface area contributed by atoms with Crippen LogP contribution in [0.15, 0.2) is 28.6 Å². The summed E-state index contributed by atoms with van der Waals surface area (Å²) < 4.78 is 6.23. The second kappa shape index (κ2) is 8.48. The van der Waals surface area contributed by atoms with Gasteiger partial charge in [0.05, 0.1) is 18.7 Å². The summed E-state index contributed by atoms with van der Waals surface area (Å²) in [5, 5.41) is 12.2. The van der Waals surface area contributed by atoms with E-state index in [0.29, 0.717) is 28.4 Å². The average Bonchev–Trinajstić information content (AvgIpc) is 3.44. The van der Waals surface area contributed by atoms with E-state index in [9.17, 15) is 9.59 Å². The number of thioether (sulfide) groups is 1. The molecule has 1 unspecified atom stereocenters. The maximum Gasteiger partial charge on any atom is 0.231 e. The van der Waals surface area contributed by atoms with Crippen molar-refractivity contribution in [3.05, 3.63) is 24.3 Å². The number of methoxy groups -OCH3 is 1. The standard InChI is InChI=1S/C19H22N4O3S2/c1-26-15-9-5-4-8-14(15)23-11-12(10-16(23)24)17(25)20-18-21-22-19(28-18)27-13-6-2-3-7-13/h4-5,8-9,12-13H,2-3,6-7,10-11H2,1H3,(H,20,21,25). The third kappa shape index (κ3) is 4.15. The number of carbonyl (C=O) groups is 2. The Bertz CT molecular complexity index is 866. The van der Waals surface area contributed by atoms with E-state index in [2.05, 4.69) is 15.5 Å². The second-order valence-corrected chi connectivity index (χ2v) is 9.49. The first kappa shape index (κ1) is 19.2. The van der Waals surface area contributed by atoms with Crippen LogP contribution in [0.3, 0.4) is 0 Å². The predicted octanol–water partition coefficient (Wildman–Crippen LogP) is 3.57. The van der Waals surface area contributed by atoms with Gasteiger partial charge in [-0.25, -0.2) is 0 Å². The monoisotopic (exact) mass is 418 g/mol. The Kier molecular flexibility index (Phi) is 5.82. The first-order valence-electron chi connectivity index (χ1n) is 9.38. The Labute approximate surface area is 171 Å². The van der Waals surface area contributed by atoms with Crippen LogP contribution in [0.25, 0.3) is 0 Å². The van der Waals surface area contributed by atoms with Gasteiger partial charge in [-0.15, -0.1) is 10.2 Å². The largest absolute Gasteiger partial charge is 0.495 e. The Morgan fingerprint density at radius 1 is 1.29 bits per heavy atom. The highest BCUT2D eigenvalue weighted by Crippen LogP contribution is 2.37. The van der Waals surface area contributed by atoms with E-state index in [1.54, 1.807) is 29.8 Å². The highest BCUT2D eigenvalue weighted by Gasteiger charge is 2.36. The normalized spacial score (nSPS) is 20.0. The second-order valence-electron chi connectivity index (χ2n) is 6.96. The lowest BCUT2D eigenvalue weighted by Crippen LogP contribution is -2.28. The molecule has 1 aromatic heterocycles. The van der Waals surface area contributed by atoms with Crippen molar-refractivity contribution in [3.8, 4) is 5.75 Å². The Hall–Kier alpha value is -2.13. The molecule has 0 bridgehead atoms. The van der Waals surface area contributed by atoms with E-state index in [0.717, 1.165) is 4.34 Å². The number of rotatable bonds is 6. The molecule has 0 spiro atoms. The van der Waals surface area contributed by atoms with Gasteiger partial charge in [-0.2, -0.15) is 0 Å². The van der Waals surface area contributed by atoms with Crippen LogP contribution in [-0.4, -0.2) is 40.9 Å². The highest BCUT2D eigenvalue weighted by molar-refractivity contribution is 8.01.